The second-order valence-corrected chi connectivity index (χ2v) is 3.56. The van der Waals surface area contributed by atoms with Gasteiger partial charge in [0.05, 0.1) is 6.61 Å². The topological polar surface area (TPSA) is 46.6 Å². The van der Waals surface area contributed by atoms with E-state index in [1.54, 1.807) is 13.1 Å². The van der Waals surface area contributed by atoms with Crippen LogP contribution in [0, 0.1) is 0 Å². The number of carbonyl (C=O) groups excluding carboxylic acids is 2. The number of likely N-dealkylation sites (tertiary alicyclic amines) is 1. The normalized spacial score (nSPS) is 16.7. The van der Waals surface area contributed by atoms with Gasteiger partial charge in [-0.3, -0.25) is 4.79 Å². The quantitative estimate of drug-likeness (QED) is 0.302. The van der Waals surface area contributed by atoms with Crippen molar-refractivity contribution in [3.05, 3.63) is 11.8 Å². The highest BCUT2D eigenvalue weighted by Crippen LogP contribution is 2.11. The molecule has 0 aliphatic carbocycles. The molecule has 4 nitrogen and oxygen atoms in total. The van der Waals surface area contributed by atoms with Crippen LogP contribution in [-0.2, 0) is 14.3 Å². The summed E-state index contributed by atoms with van der Waals surface area (Å²) in [6.07, 6.45) is 3.86. The molecule has 15 heavy (non-hydrogen) atoms. The summed E-state index contributed by atoms with van der Waals surface area (Å²) in [6.45, 7) is 5.24. The van der Waals surface area contributed by atoms with Crippen molar-refractivity contribution < 1.29 is 14.3 Å². The summed E-state index contributed by atoms with van der Waals surface area (Å²) in [4.78, 5) is 24.7. The molecule has 1 saturated heterocycles. The third kappa shape index (κ3) is 3.38. The molecular formula is C11H17NO3. The Hall–Kier alpha value is -1.32. The van der Waals surface area contributed by atoms with E-state index in [4.69, 9.17) is 4.74 Å². The molecule has 0 aromatic heterocycles. The molecule has 0 bridgehead atoms. The third-order valence-corrected chi connectivity index (χ3v) is 2.33. The number of hydrogen-bond donors (Lipinski definition) is 0. The molecule has 0 radical (unpaired) electrons. The predicted octanol–water partition coefficient (Wildman–Crippen LogP) is 1.12. The fourth-order valence-corrected chi connectivity index (χ4v) is 1.55. The molecule has 0 atom stereocenters. The van der Waals surface area contributed by atoms with E-state index in [1.165, 1.54) is 6.92 Å². The van der Waals surface area contributed by atoms with E-state index in [0.717, 1.165) is 25.9 Å². The van der Waals surface area contributed by atoms with E-state index >= 15 is 0 Å². The molecule has 1 heterocycles. The van der Waals surface area contributed by atoms with Gasteiger partial charge >= 0.3 is 5.97 Å². The molecule has 0 aromatic carbocycles. The smallest absolute Gasteiger partial charge is 0.343 e. The maximum Gasteiger partial charge on any atom is 0.343 e. The Balaban J connectivity index is 2.71. The standard InChI is InChI=1S/C11H17NO3/c1-3-15-11(14)10(9(2)13)8-12-6-4-5-7-12/h8H,3-7H2,1-2H3. The number of ether oxygens (including phenoxy) is 1. The molecule has 0 saturated carbocycles. The second kappa shape index (κ2) is 5.53. The van der Waals surface area contributed by atoms with Crippen LogP contribution < -0.4 is 0 Å². The highest BCUT2D eigenvalue weighted by Gasteiger charge is 2.18. The van der Waals surface area contributed by atoms with Gasteiger partial charge in [-0.15, -0.1) is 0 Å². The van der Waals surface area contributed by atoms with Gasteiger partial charge < -0.3 is 9.64 Å². The lowest BCUT2D eigenvalue weighted by Gasteiger charge is -2.13. The number of esters is 1. The zero-order chi connectivity index (χ0) is 11.3. The lowest BCUT2D eigenvalue weighted by atomic mass is 10.2. The highest BCUT2D eigenvalue weighted by atomic mass is 16.5. The van der Waals surface area contributed by atoms with Crippen LogP contribution >= 0.6 is 0 Å². The number of Topliss-reactive ketones (excluding diaryl/α,β-unsaturated/α-hetero) is 1. The summed E-state index contributed by atoms with van der Waals surface area (Å²) in [5.74, 6) is -0.753. The Morgan fingerprint density at radius 1 is 1.33 bits per heavy atom. The largest absolute Gasteiger partial charge is 0.462 e. The van der Waals surface area contributed by atoms with Crippen LogP contribution in [0.2, 0.25) is 0 Å². The van der Waals surface area contributed by atoms with Crippen molar-refractivity contribution in [2.24, 2.45) is 0 Å². The van der Waals surface area contributed by atoms with Gasteiger partial charge in [0.25, 0.3) is 0 Å². The minimum absolute atomic E-state index is 0.152. The zero-order valence-corrected chi connectivity index (χ0v) is 9.28. The summed E-state index contributed by atoms with van der Waals surface area (Å²) >= 11 is 0. The van der Waals surface area contributed by atoms with Crippen LogP contribution in [-0.4, -0.2) is 36.3 Å². The first-order valence-electron chi connectivity index (χ1n) is 5.29. The zero-order valence-electron chi connectivity index (χ0n) is 9.28. The van der Waals surface area contributed by atoms with E-state index in [2.05, 4.69) is 0 Å². The van der Waals surface area contributed by atoms with Crippen molar-refractivity contribution in [1.29, 1.82) is 0 Å². The Kier molecular flexibility index (Phi) is 4.34. The summed E-state index contributed by atoms with van der Waals surface area (Å²) < 4.78 is 4.82. The molecule has 1 fully saturated rings. The highest BCUT2D eigenvalue weighted by molar-refractivity contribution is 6.16. The van der Waals surface area contributed by atoms with E-state index < -0.39 is 5.97 Å². The molecule has 1 aliphatic rings. The fraction of sp³-hybridized carbons (Fsp3) is 0.636. The number of carbonyl (C=O) groups is 2. The second-order valence-electron chi connectivity index (χ2n) is 3.56. The van der Waals surface area contributed by atoms with E-state index in [1.807, 2.05) is 4.90 Å². The van der Waals surface area contributed by atoms with Gasteiger partial charge in [-0.1, -0.05) is 0 Å². The van der Waals surface area contributed by atoms with Crippen molar-refractivity contribution in [3.63, 3.8) is 0 Å². The first-order chi connectivity index (χ1) is 7.15. The molecule has 1 aliphatic heterocycles. The van der Waals surface area contributed by atoms with Crippen molar-refractivity contribution >= 4 is 11.8 Å². The molecule has 4 heteroatoms. The molecule has 0 spiro atoms. The number of rotatable bonds is 4. The fourth-order valence-electron chi connectivity index (χ4n) is 1.55. The van der Waals surface area contributed by atoms with Crippen LogP contribution in [0.15, 0.2) is 11.8 Å². The molecule has 0 amide bonds. The van der Waals surface area contributed by atoms with Crippen LogP contribution in [0.3, 0.4) is 0 Å². The Morgan fingerprint density at radius 3 is 2.40 bits per heavy atom. The molecule has 1 rings (SSSR count). The third-order valence-electron chi connectivity index (χ3n) is 2.33. The summed E-state index contributed by atoms with van der Waals surface area (Å²) in [5, 5.41) is 0. The van der Waals surface area contributed by atoms with Gasteiger partial charge in [-0.25, -0.2) is 4.79 Å². The van der Waals surface area contributed by atoms with Crippen LogP contribution in [0.5, 0.6) is 0 Å². The predicted molar refractivity (Wildman–Crippen MR) is 56.2 cm³/mol. The van der Waals surface area contributed by atoms with Crippen molar-refractivity contribution in [1.82, 2.24) is 4.90 Å². The molecule has 0 N–H and O–H groups in total. The number of hydrogen-bond acceptors (Lipinski definition) is 4. The van der Waals surface area contributed by atoms with E-state index in [-0.39, 0.29) is 11.4 Å². The van der Waals surface area contributed by atoms with Gasteiger partial charge in [0.2, 0.25) is 0 Å². The van der Waals surface area contributed by atoms with Crippen LogP contribution in [0.4, 0.5) is 0 Å². The lowest BCUT2D eigenvalue weighted by molar-refractivity contribution is -0.139. The Morgan fingerprint density at radius 2 is 1.93 bits per heavy atom. The molecular weight excluding hydrogens is 194 g/mol. The minimum Gasteiger partial charge on any atom is -0.462 e. The average Bonchev–Trinajstić information content (AvgIpc) is 2.66. The van der Waals surface area contributed by atoms with E-state index in [9.17, 15) is 9.59 Å². The Labute approximate surface area is 89.9 Å². The maximum atomic E-state index is 11.4. The minimum atomic E-state index is -0.517. The maximum absolute atomic E-state index is 11.4. The summed E-state index contributed by atoms with van der Waals surface area (Å²) in [5.41, 5.74) is 0.152. The van der Waals surface area contributed by atoms with Crippen LogP contribution in [0.1, 0.15) is 26.7 Å². The number of nitrogens with zero attached hydrogens (tertiary/aromatic N) is 1. The number of ketones is 1. The average molecular weight is 211 g/mol. The van der Waals surface area contributed by atoms with Gasteiger partial charge in [0.1, 0.15) is 5.57 Å². The first-order valence-corrected chi connectivity index (χ1v) is 5.29. The summed E-state index contributed by atoms with van der Waals surface area (Å²) in [6, 6.07) is 0. The van der Waals surface area contributed by atoms with Gasteiger partial charge in [-0.2, -0.15) is 0 Å². The molecule has 0 aromatic rings. The van der Waals surface area contributed by atoms with E-state index in [0.29, 0.717) is 6.61 Å². The first kappa shape index (κ1) is 11.8. The monoisotopic (exact) mass is 211 g/mol. The van der Waals surface area contributed by atoms with Crippen molar-refractivity contribution in [3.8, 4) is 0 Å². The Bertz CT molecular complexity index is 278. The summed E-state index contributed by atoms with van der Waals surface area (Å²) in [7, 11) is 0. The SMILES string of the molecule is CCOC(=O)C(=CN1CCCC1)C(C)=O. The molecule has 84 valence electrons. The lowest BCUT2D eigenvalue weighted by Crippen LogP contribution is -2.19. The molecule has 0 unspecified atom stereocenters. The van der Waals surface area contributed by atoms with Crippen LogP contribution in [0.25, 0.3) is 0 Å². The van der Waals surface area contributed by atoms with Gasteiger partial charge in [0, 0.05) is 19.3 Å². The van der Waals surface area contributed by atoms with Gasteiger partial charge in [-0.05, 0) is 26.7 Å². The van der Waals surface area contributed by atoms with Crippen molar-refractivity contribution in [2.75, 3.05) is 19.7 Å². The van der Waals surface area contributed by atoms with Gasteiger partial charge in [0.15, 0.2) is 5.78 Å². The van der Waals surface area contributed by atoms with Crippen molar-refractivity contribution in [2.45, 2.75) is 26.7 Å².